The predicted octanol–water partition coefficient (Wildman–Crippen LogP) is 2.99. The number of rotatable bonds is 3. The third-order valence-electron chi connectivity index (χ3n) is 3.24. The van der Waals surface area contributed by atoms with Crippen molar-refractivity contribution in [3.8, 4) is 0 Å². The molecule has 2 N–H and O–H groups in total. The van der Waals surface area contributed by atoms with E-state index >= 15 is 0 Å². The monoisotopic (exact) mass is 272 g/mol. The third-order valence-corrected chi connectivity index (χ3v) is 3.24. The van der Waals surface area contributed by atoms with Crippen LogP contribution in [-0.2, 0) is 6.54 Å². The van der Waals surface area contributed by atoms with Crippen molar-refractivity contribution in [3.63, 3.8) is 0 Å². The van der Waals surface area contributed by atoms with Gasteiger partial charge in [0.15, 0.2) is 0 Å². The van der Waals surface area contributed by atoms with Crippen LogP contribution in [0.5, 0.6) is 0 Å². The maximum Gasteiger partial charge on any atom is 0.254 e. The topological polar surface area (TPSA) is 46.3 Å². The zero-order valence-corrected chi connectivity index (χ0v) is 11.6. The van der Waals surface area contributed by atoms with Crippen molar-refractivity contribution in [2.24, 2.45) is 0 Å². The summed E-state index contributed by atoms with van der Waals surface area (Å²) in [6.45, 7) is 2.18. The van der Waals surface area contributed by atoms with Crippen LogP contribution in [0.3, 0.4) is 0 Å². The molecule has 2 aromatic carbocycles. The quantitative estimate of drug-likeness (QED) is 0.873. The van der Waals surface area contributed by atoms with Crippen molar-refractivity contribution < 1.29 is 9.18 Å². The summed E-state index contributed by atoms with van der Waals surface area (Å²) in [5, 5.41) is 0. The van der Waals surface area contributed by atoms with Gasteiger partial charge in [-0.3, -0.25) is 4.79 Å². The summed E-state index contributed by atoms with van der Waals surface area (Å²) >= 11 is 0. The van der Waals surface area contributed by atoms with Gasteiger partial charge in [-0.2, -0.15) is 0 Å². The summed E-state index contributed by atoms with van der Waals surface area (Å²) in [5.74, 6) is -0.628. The molecule has 0 atom stereocenters. The number of hydrogen-bond acceptors (Lipinski definition) is 2. The summed E-state index contributed by atoms with van der Waals surface area (Å²) in [6.07, 6.45) is 0. The molecule has 104 valence electrons. The molecular weight excluding hydrogens is 255 g/mol. The Morgan fingerprint density at radius 1 is 1.25 bits per heavy atom. The van der Waals surface area contributed by atoms with Crippen molar-refractivity contribution in [1.29, 1.82) is 0 Å². The van der Waals surface area contributed by atoms with E-state index in [-0.39, 0.29) is 5.91 Å². The van der Waals surface area contributed by atoms with Gasteiger partial charge < -0.3 is 10.6 Å². The second kappa shape index (κ2) is 5.74. The first-order valence-electron chi connectivity index (χ1n) is 6.34. The molecule has 4 heteroatoms. The number of halogens is 1. The van der Waals surface area contributed by atoms with E-state index in [4.69, 9.17) is 5.73 Å². The van der Waals surface area contributed by atoms with Gasteiger partial charge >= 0.3 is 0 Å². The molecule has 2 rings (SSSR count). The van der Waals surface area contributed by atoms with Crippen LogP contribution >= 0.6 is 0 Å². The highest BCUT2D eigenvalue weighted by atomic mass is 19.1. The summed E-state index contributed by atoms with van der Waals surface area (Å²) in [7, 11) is 1.68. The highest BCUT2D eigenvalue weighted by Crippen LogP contribution is 2.16. The number of amides is 1. The molecule has 0 bridgehead atoms. The van der Waals surface area contributed by atoms with E-state index in [1.165, 1.54) is 17.0 Å². The first-order valence-corrected chi connectivity index (χ1v) is 6.34. The van der Waals surface area contributed by atoms with Crippen LogP contribution in [0.4, 0.5) is 10.1 Å². The molecule has 0 saturated heterocycles. The highest BCUT2D eigenvalue weighted by Gasteiger charge is 2.15. The number of para-hydroxylation sites is 1. The second-order valence-corrected chi connectivity index (χ2v) is 4.82. The SMILES string of the molecule is Cc1ccc(F)cc1C(=O)N(C)Cc1ccccc1N. The van der Waals surface area contributed by atoms with Crippen LogP contribution in [0.25, 0.3) is 0 Å². The Kier molecular flexibility index (Phi) is 4.03. The number of carbonyl (C=O) groups excluding carboxylic acids is 1. The number of aryl methyl sites for hydroxylation is 1. The minimum atomic E-state index is -0.411. The molecule has 0 aliphatic rings. The van der Waals surface area contributed by atoms with Gasteiger partial charge in [0.05, 0.1) is 0 Å². The van der Waals surface area contributed by atoms with Crippen molar-refractivity contribution in [2.45, 2.75) is 13.5 Å². The van der Waals surface area contributed by atoms with Crippen LogP contribution in [0.2, 0.25) is 0 Å². The Morgan fingerprint density at radius 2 is 1.95 bits per heavy atom. The van der Waals surface area contributed by atoms with Gasteiger partial charge in [-0.15, -0.1) is 0 Å². The first-order chi connectivity index (χ1) is 9.49. The van der Waals surface area contributed by atoms with Crippen molar-refractivity contribution in [1.82, 2.24) is 4.90 Å². The Labute approximate surface area is 117 Å². The Balaban J connectivity index is 2.21. The molecule has 0 unspecified atom stereocenters. The lowest BCUT2D eigenvalue weighted by atomic mass is 10.1. The van der Waals surface area contributed by atoms with E-state index in [1.54, 1.807) is 26.1 Å². The number of carbonyl (C=O) groups is 1. The first kappa shape index (κ1) is 14.1. The normalized spacial score (nSPS) is 10.3. The molecule has 0 spiro atoms. The fourth-order valence-electron chi connectivity index (χ4n) is 2.04. The van der Waals surface area contributed by atoms with Crippen molar-refractivity contribution in [2.75, 3.05) is 12.8 Å². The standard InChI is InChI=1S/C16H17FN2O/c1-11-7-8-13(17)9-14(11)16(20)19(2)10-12-5-3-4-6-15(12)18/h3-9H,10,18H2,1-2H3. The molecule has 20 heavy (non-hydrogen) atoms. The highest BCUT2D eigenvalue weighted by molar-refractivity contribution is 5.95. The van der Waals surface area contributed by atoms with Crippen LogP contribution in [0.1, 0.15) is 21.5 Å². The average molecular weight is 272 g/mol. The van der Waals surface area contributed by atoms with Crippen LogP contribution in [0.15, 0.2) is 42.5 Å². The molecular formula is C16H17FN2O. The number of nitrogens with two attached hydrogens (primary N) is 1. The Morgan fingerprint density at radius 3 is 2.65 bits per heavy atom. The van der Waals surface area contributed by atoms with E-state index in [1.807, 2.05) is 18.2 Å². The molecule has 0 aliphatic carbocycles. The van der Waals surface area contributed by atoms with Gasteiger partial charge in [0.1, 0.15) is 5.82 Å². The van der Waals surface area contributed by atoms with Gasteiger partial charge in [0.2, 0.25) is 0 Å². The lowest BCUT2D eigenvalue weighted by molar-refractivity contribution is 0.0784. The van der Waals surface area contributed by atoms with Gasteiger partial charge in [0, 0.05) is 24.8 Å². The Hall–Kier alpha value is -2.36. The lowest BCUT2D eigenvalue weighted by Gasteiger charge is -2.19. The van der Waals surface area contributed by atoms with Crippen molar-refractivity contribution >= 4 is 11.6 Å². The molecule has 2 aromatic rings. The molecule has 0 radical (unpaired) electrons. The predicted molar refractivity (Wildman–Crippen MR) is 77.8 cm³/mol. The Bertz CT molecular complexity index is 640. The number of benzene rings is 2. The molecule has 3 nitrogen and oxygen atoms in total. The third kappa shape index (κ3) is 2.96. The molecule has 0 saturated carbocycles. The van der Waals surface area contributed by atoms with Crippen molar-refractivity contribution in [3.05, 3.63) is 65.0 Å². The molecule has 0 heterocycles. The summed E-state index contributed by atoms with van der Waals surface area (Å²) in [6, 6.07) is 11.6. The molecule has 0 fully saturated rings. The molecule has 0 aliphatic heterocycles. The average Bonchev–Trinajstić information content (AvgIpc) is 2.43. The van der Waals surface area contributed by atoms with Crippen LogP contribution < -0.4 is 5.73 Å². The van der Waals surface area contributed by atoms with E-state index in [2.05, 4.69) is 0 Å². The summed E-state index contributed by atoms with van der Waals surface area (Å²) < 4.78 is 13.3. The minimum absolute atomic E-state index is 0.217. The van der Waals surface area contributed by atoms with Crippen LogP contribution in [0, 0.1) is 12.7 Å². The van der Waals surface area contributed by atoms with Gasteiger partial charge in [0.25, 0.3) is 5.91 Å². The number of hydrogen-bond donors (Lipinski definition) is 1. The zero-order chi connectivity index (χ0) is 14.7. The lowest BCUT2D eigenvalue weighted by Crippen LogP contribution is -2.27. The van der Waals surface area contributed by atoms with E-state index < -0.39 is 5.82 Å². The molecule has 1 amide bonds. The summed E-state index contributed by atoms with van der Waals surface area (Å²) in [5.41, 5.74) is 8.51. The maximum atomic E-state index is 13.3. The zero-order valence-electron chi connectivity index (χ0n) is 11.6. The van der Waals surface area contributed by atoms with Gasteiger partial charge in [-0.05, 0) is 36.2 Å². The van der Waals surface area contributed by atoms with Gasteiger partial charge in [-0.25, -0.2) is 4.39 Å². The number of nitrogen functional groups attached to an aromatic ring is 1. The van der Waals surface area contributed by atoms with Gasteiger partial charge in [-0.1, -0.05) is 24.3 Å². The van der Waals surface area contributed by atoms with E-state index in [9.17, 15) is 9.18 Å². The molecule has 0 aromatic heterocycles. The number of nitrogens with zero attached hydrogens (tertiary/aromatic N) is 1. The largest absolute Gasteiger partial charge is 0.398 e. The number of anilines is 1. The van der Waals surface area contributed by atoms with E-state index in [0.717, 1.165) is 11.1 Å². The second-order valence-electron chi connectivity index (χ2n) is 4.82. The minimum Gasteiger partial charge on any atom is -0.398 e. The fraction of sp³-hybridized carbons (Fsp3) is 0.188. The van der Waals surface area contributed by atoms with E-state index in [0.29, 0.717) is 17.8 Å². The summed E-state index contributed by atoms with van der Waals surface area (Å²) in [4.78, 5) is 13.9. The maximum absolute atomic E-state index is 13.3. The van der Waals surface area contributed by atoms with Crippen LogP contribution in [-0.4, -0.2) is 17.9 Å². The fourth-order valence-corrected chi connectivity index (χ4v) is 2.04. The smallest absolute Gasteiger partial charge is 0.254 e.